The predicted octanol–water partition coefficient (Wildman–Crippen LogP) is 1.01. The van der Waals surface area contributed by atoms with Crippen LogP contribution in [0.1, 0.15) is 26.7 Å². The molecular weight excluding hydrogens is 210 g/mol. The van der Waals surface area contributed by atoms with E-state index in [2.05, 4.69) is 36.0 Å². The summed E-state index contributed by atoms with van der Waals surface area (Å²) < 4.78 is 0. The van der Waals surface area contributed by atoms with Gasteiger partial charge in [-0.15, -0.1) is 0 Å². The summed E-state index contributed by atoms with van der Waals surface area (Å²) in [6.07, 6.45) is 2.72. The Balaban J connectivity index is 1.57. The van der Waals surface area contributed by atoms with Crippen molar-refractivity contribution < 1.29 is 0 Å². The average Bonchev–Trinajstić information content (AvgIpc) is 2.22. The van der Waals surface area contributed by atoms with Gasteiger partial charge >= 0.3 is 0 Å². The van der Waals surface area contributed by atoms with Gasteiger partial charge in [-0.25, -0.2) is 0 Å². The summed E-state index contributed by atoms with van der Waals surface area (Å²) in [5.41, 5.74) is 1.10. The molecular formula is C14H27N3. The van der Waals surface area contributed by atoms with Gasteiger partial charge in [-0.05, 0) is 52.7 Å². The normalized spacial score (nSPS) is 31.2. The van der Waals surface area contributed by atoms with E-state index in [1.165, 1.54) is 52.1 Å². The smallest absolute Gasteiger partial charge is 0.0212 e. The van der Waals surface area contributed by atoms with E-state index in [1.807, 2.05) is 0 Å². The molecule has 3 fully saturated rings. The van der Waals surface area contributed by atoms with Gasteiger partial charge in [0, 0.05) is 37.1 Å². The molecule has 3 aliphatic rings. The molecule has 0 atom stereocenters. The van der Waals surface area contributed by atoms with Gasteiger partial charge in [0.1, 0.15) is 0 Å². The molecule has 17 heavy (non-hydrogen) atoms. The Morgan fingerprint density at radius 1 is 1.06 bits per heavy atom. The Bertz CT molecular complexity index is 280. The highest BCUT2D eigenvalue weighted by atomic mass is 15.3. The molecule has 0 amide bonds. The van der Waals surface area contributed by atoms with E-state index in [9.17, 15) is 0 Å². The highest BCUT2D eigenvalue weighted by Gasteiger charge is 2.54. The van der Waals surface area contributed by atoms with Crippen molar-refractivity contribution in [3.63, 3.8) is 0 Å². The summed E-state index contributed by atoms with van der Waals surface area (Å²) in [5, 5.41) is 3.48. The first-order valence-electron chi connectivity index (χ1n) is 7.16. The summed E-state index contributed by atoms with van der Waals surface area (Å²) in [6, 6.07) is 0. The number of rotatable bonds is 2. The molecule has 0 saturated carbocycles. The van der Waals surface area contributed by atoms with Crippen LogP contribution in [0.2, 0.25) is 0 Å². The standard InChI is InChI=1S/C14H27N3/c1-13(2,12-4-6-15-7-5-12)17-10-14(11-17)8-16(3)9-14/h12,15H,4-11H2,1-3H3. The highest BCUT2D eigenvalue weighted by Crippen LogP contribution is 2.45. The molecule has 0 aliphatic carbocycles. The number of hydrogen-bond acceptors (Lipinski definition) is 3. The third-order valence-corrected chi connectivity index (χ3v) is 5.42. The maximum atomic E-state index is 3.48. The maximum Gasteiger partial charge on any atom is 0.0212 e. The van der Waals surface area contributed by atoms with Gasteiger partial charge in [0.05, 0.1) is 0 Å². The van der Waals surface area contributed by atoms with E-state index in [-0.39, 0.29) is 0 Å². The Morgan fingerprint density at radius 3 is 2.18 bits per heavy atom. The lowest BCUT2D eigenvalue weighted by Gasteiger charge is -2.65. The van der Waals surface area contributed by atoms with Gasteiger partial charge in [0.2, 0.25) is 0 Å². The molecule has 0 bridgehead atoms. The van der Waals surface area contributed by atoms with Gasteiger partial charge in [-0.3, -0.25) is 4.90 Å². The van der Waals surface area contributed by atoms with Crippen molar-refractivity contribution in [1.29, 1.82) is 0 Å². The van der Waals surface area contributed by atoms with Gasteiger partial charge < -0.3 is 10.2 Å². The third kappa shape index (κ3) is 1.92. The Labute approximate surface area is 106 Å². The molecule has 3 aliphatic heterocycles. The minimum absolute atomic E-state index is 0.418. The van der Waals surface area contributed by atoms with Crippen molar-refractivity contribution in [1.82, 2.24) is 15.1 Å². The van der Waals surface area contributed by atoms with Crippen molar-refractivity contribution in [2.75, 3.05) is 46.3 Å². The van der Waals surface area contributed by atoms with E-state index in [4.69, 9.17) is 0 Å². The summed E-state index contributed by atoms with van der Waals surface area (Å²) >= 11 is 0. The second-order valence-corrected chi connectivity index (χ2v) is 7.21. The molecule has 3 saturated heterocycles. The summed E-state index contributed by atoms with van der Waals surface area (Å²) in [6.45, 7) is 12.7. The number of nitrogens with zero attached hydrogens (tertiary/aromatic N) is 2. The fraction of sp³-hybridized carbons (Fsp3) is 1.00. The van der Waals surface area contributed by atoms with Crippen molar-refractivity contribution in [2.24, 2.45) is 11.3 Å². The lowest BCUT2D eigenvalue weighted by Crippen LogP contribution is -2.75. The van der Waals surface area contributed by atoms with Crippen LogP contribution in [0.3, 0.4) is 0 Å². The minimum Gasteiger partial charge on any atom is -0.317 e. The number of hydrogen-bond donors (Lipinski definition) is 1. The zero-order chi connectivity index (χ0) is 12.1. The summed E-state index contributed by atoms with van der Waals surface area (Å²) in [5.74, 6) is 0.888. The average molecular weight is 237 g/mol. The molecule has 3 nitrogen and oxygen atoms in total. The van der Waals surface area contributed by atoms with E-state index >= 15 is 0 Å². The summed E-state index contributed by atoms with van der Waals surface area (Å²) in [4.78, 5) is 5.20. The van der Waals surface area contributed by atoms with Crippen molar-refractivity contribution in [3.8, 4) is 0 Å². The minimum atomic E-state index is 0.418. The van der Waals surface area contributed by atoms with E-state index in [0.717, 1.165) is 5.92 Å². The van der Waals surface area contributed by atoms with Gasteiger partial charge in [0.15, 0.2) is 0 Å². The zero-order valence-corrected chi connectivity index (χ0v) is 11.6. The quantitative estimate of drug-likeness (QED) is 0.773. The summed E-state index contributed by atoms with van der Waals surface area (Å²) in [7, 11) is 2.24. The molecule has 98 valence electrons. The van der Waals surface area contributed by atoms with Crippen LogP contribution < -0.4 is 5.32 Å². The molecule has 0 aromatic heterocycles. The number of likely N-dealkylation sites (tertiary alicyclic amines) is 2. The molecule has 0 radical (unpaired) electrons. The highest BCUT2D eigenvalue weighted by molar-refractivity contribution is 5.09. The van der Waals surface area contributed by atoms with E-state index < -0.39 is 0 Å². The lowest BCUT2D eigenvalue weighted by molar-refractivity contribution is -0.154. The maximum absolute atomic E-state index is 3.48. The van der Waals surface area contributed by atoms with Crippen LogP contribution in [0.25, 0.3) is 0 Å². The van der Waals surface area contributed by atoms with Crippen LogP contribution in [0, 0.1) is 11.3 Å². The Hall–Kier alpha value is -0.120. The number of piperidine rings is 1. The van der Waals surface area contributed by atoms with Crippen LogP contribution in [0.15, 0.2) is 0 Å². The molecule has 3 heterocycles. The Morgan fingerprint density at radius 2 is 1.65 bits per heavy atom. The third-order valence-electron chi connectivity index (χ3n) is 5.42. The topological polar surface area (TPSA) is 18.5 Å². The van der Waals surface area contributed by atoms with Crippen molar-refractivity contribution in [2.45, 2.75) is 32.2 Å². The van der Waals surface area contributed by atoms with Crippen molar-refractivity contribution >= 4 is 0 Å². The molecule has 1 N–H and O–H groups in total. The molecule has 0 aromatic rings. The SMILES string of the molecule is CN1CC2(C1)CN(C(C)(C)C1CCNCC1)C2. The first kappa shape index (κ1) is 11.9. The monoisotopic (exact) mass is 237 g/mol. The Kier molecular flexibility index (Phi) is 2.77. The van der Waals surface area contributed by atoms with Crippen LogP contribution in [0.4, 0.5) is 0 Å². The molecule has 3 rings (SSSR count). The molecule has 1 spiro atoms. The zero-order valence-electron chi connectivity index (χ0n) is 11.6. The van der Waals surface area contributed by atoms with Crippen LogP contribution in [-0.2, 0) is 0 Å². The largest absolute Gasteiger partial charge is 0.317 e. The fourth-order valence-electron chi connectivity index (χ4n) is 4.26. The molecule has 0 unspecified atom stereocenters. The first-order chi connectivity index (χ1) is 8.02. The van der Waals surface area contributed by atoms with E-state index in [0.29, 0.717) is 11.0 Å². The van der Waals surface area contributed by atoms with Crippen LogP contribution >= 0.6 is 0 Å². The predicted molar refractivity (Wildman–Crippen MR) is 71.2 cm³/mol. The first-order valence-corrected chi connectivity index (χ1v) is 7.16. The molecule has 0 aromatic carbocycles. The second-order valence-electron chi connectivity index (χ2n) is 7.21. The molecule has 3 heteroatoms. The fourth-order valence-corrected chi connectivity index (χ4v) is 4.26. The van der Waals surface area contributed by atoms with Gasteiger partial charge in [-0.2, -0.15) is 0 Å². The number of nitrogens with one attached hydrogen (secondary N) is 1. The lowest BCUT2D eigenvalue weighted by atomic mass is 9.68. The van der Waals surface area contributed by atoms with Gasteiger partial charge in [-0.1, -0.05) is 0 Å². The van der Waals surface area contributed by atoms with Crippen LogP contribution in [0.5, 0.6) is 0 Å². The van der Waals surface area contributed by atoms with Crippen molar-refractivity contribution in [3.05, 3.63) is 0 Å². The van der Waals surface area contributed by atoms with Gasteiger partial charge in [0.25, 0.3) is 0 Å². The second kappa shape index (κ2) is 3.94. The van der Waals surface area contributed by atoms with E-state index in [1.54, 1.807) is 0 Å². The van der Waals surface area contributed by atoms with Crippen LogP contribution in [-0.4, -0.2) is 61.7 Å².